The van der Waals surface area contributed by atoms with E-state index in [-0.39, 0.29) is 0 Å². The maximum absolute atomic E-state index is 3.25. The number of benzene rings is 1. The van der Waals surface area contributed by atoms with Crippen LogP contribution in [0, 0.1) is 0 Å². The Balaban J connectivity index is 2.64. The van der Waals surface area contributed by atoms with E-state index in [1.165, 1.54) is 18.4 Å². The Morgan fingerprint density at radius 1 is 1.23 bits per heavy atom. The molecule has 1 N–H and O–H groups in total. The first-order valence-corrected chi connectivity index (χ1v) is 5.08. The number of likely N-dealkylation sites (N-methyl/N-ethyl adjacent to an activating group) is 1. The molecule has 1 nitrogen and oxygen atoms in total. The zero-order chi connectivity index (χ0) is 9.52. The highest BCUT2D eigenvalue weighted by atomic mass is 14.8. The van der Waals surface area contributed by atoms with Crippen molar-refractivity contribution in [2.45, 2.75) is 25.7 Å². The molecule has 1 rings (SSSR count). The second-order valence-corrected chi connectivity index (χ2v) is 3.45. The van der Waals surface area contributed by atoms with Crippen LogP contribution >= 0.6 is 0 Å². The lowest BCUT2D eigenvalue weighted by Crippen LogP contribution is -2.16. The third-order valence-electron chi connectivity index (χ3n) is 2.36. The van der Waals surface area contributed by atoms with E-state index in [1.54, 1.807) is 0 Å². The van der Waals surface area contributed by atoms with Crippen LogP contribution in [0.3, 0.4) is 0 Å². The van der Waals surface area contributed by atoms with Crippen molar-refractivity contribution in [2.75, 3.05) is 13.6 Å². The monoisotopic (exact) mass is 177 g/mol. The molecular formula is C12H19N. The average molecular weight is 177 g/mol. The summed E-state index contributed by atoms with van der Waals surface area (Å²) < 4.78 is 0. The van der Waals surface area contributed by atoms with Crippen LogP contribution in [0.25, 0.3) is 0 Å². The fourth-order valence-corrected chi connectivity index (χ4v) is 1.71. The smallest absolute Gasteiger partial charge is 0.00171 e. The molecule has 0 aliphatic heterocycles. The summed E-state index contributed by atoms with van der Waals surface area (Å²) in [5.74, 6) is 0.677. The predicted octanol–water partition coefficient (Wildman–Crippen LogP) is 2.79. The molecular weight excluding hydrogens is 158 g/mol. The van der Waals surface area contributed by atoms with Gasteiger partial charge in [0.2, 0.25) is 0 Å². The van der Waals surface area contributed by atoms with Crippen molar-refractivity contribution in [1.82, 2.24) is 5.32 Å². The van der Waals surface area contributed by atoms with Crippen molar-refractivity contribution >= 4 is 0 Å². The Labute approximate surface area is 81.2 Å². The Bertz CT molecular complexity index is 212. The molecule has 0 saturated heterocycles. The minimum atomic E-state index is 0.677. The van der Waals surface area contributed by atoms with Gasteiger partial charge in [0.05, 0.1) is 0 Å². The van der Waals surface area contributed by atoms with Gasteiger partial charge < -0.3 is 5.32 Å². The van der Waals surface area contributed by atoms with Gasteiger partial charge in [-0.2, -0.15) is 0 Å². The zero-order valence-electron chi connectivity index (χ0n) is 8.59. The highest BCUT2D eigenvalue weighted by Gasteiger charge is 2.07. The molecule has 0 radical (unpaired) electrons. The maximum atomic E-state index is 3.25. The number of rotatable bonds is 5. The van der Waals surface area contributed by atoms with Crippen LogP contribution < -0.4 is 5.32 Å². The molecule has 0 spiro atoms. The summed E-state index contributed by atoms with van der Waals surface area (Å²) in [6.07, 6.45) is 2.52. The topological polar surface area (TPSA) is 12.0 Å². The Morgan fingerprint density at radius 3 is 2.46 bits per heavy atom. The molecule has 1 atom stereocenters. The zero-order valence-corrected chi connectivity index (χ0v) is 8.59. The molecule has 0 amide bonds. The highest BCUT2D eigenvalue weighted by Crippen LogP contribution is 2.19. The molecule has 72 valence electrons. The lowest BCUT2D eigenvalue weighted by atomic mass is 9.95. The summed E-state index contributed by atoms with van der Waals surface area (Å²) in [6.45, 7) is 3.32. The Morgan fingerprint density at radius 2 is 1.92 bits per heavy atom. The first-order valence-electron chi connectivity index (χ1n) is 5.08. The van der Waals surface area contributed by atoms with E-state index < -0.39 is 0 Å². The normalized spacial score (nSPS) is 12.8. The number of hydrogen-bond donors (Lipinski definition) is 1. The summed E-state index contributed by atoms with van der Waals surface area (Å²) in [7, 11) is 2.02. The molecule has 0 fully saturated rings. The lowest BCUT2D eigenvalue weighted by Gasteiger charge is -2.15. The van der Waals surface area contributed by atoms with Gasteiger partial charge in [0.15, 0.2) is 0 Å². The maximum Gasteiger partial charge on any atom is 0.00171 e. The van der Waals surface area contributed by atoms with Crippen LogP contribution in [0.15, 0.2) is 30.3 Å². The second kappa shape index (κ2) is 5.76. The first-order chi connectivity index (χ1) is 6.38. The number of nitrogens with one attached hydrogen (secondary N) is 1. The summed E-state index contributed by atoms with van der Waals surface area (Å²) in [5, 5.41) is 3.25. The van der Waals surface area contributed by atoms with E-state index >= 15 is 0 Å². The van der Waals surface area contributed by atoms with Crippen LogP contribution in [-0.2, 0) is 0 Å². The molecule has 0 heterocycles. The van der Waals surface area contributed by atoms with Gasteiger partial charge in [0.1, 0.15) is 0 Å². The van der Waals surface area contributed by atoms with Gasteiger partial charge in [-0.3, -0.25) is 0 Å². The molecule has 0 saturated carbocycles. The van der Waals surface area contributed by atoms with Gasteiger partial charge in [0, 0.05) is 6.54 Å². The molecule has 0 aliphatic rings. The summed E-state index contributed by atoms with van der Waals surface area (Å²) in [4.78, 5) is 0. The fraction of sp³-hybridized carbons (Fsp3) is 0.500. The van der Waals surface area contributed by atoms with E-state index in [4.69, 9.17) is 0 Å². The predicted molar refractivity (Wildman–Crippen MR) is 58.0 cm³/mol. The standard InChI is InChI=1S/C12H19N/c1-3-7-12(10-13-2)11-8-5-4-6-9-11/h4-6,8-9,12-13H,3,7,10H2,1-2H3. The van der Waals surface area contributed by atoms with Crippen LogP contribution in [0.2, 0.25) is 0 Å². The lowest BCUT2D eigenvalue weighted by molar-refractivity contribution is 0.576. The molecule has 0 aliphatic carbocycles. The Kier molecular flexibility index (Phi) is 4.55. The van der Waals surface area contributed by atoms with Crippen molar-refractivity contribution in [3.05, 3.63) is 35.9 Å². The molecule has 1 heteroatoms. The third-order valence-corrected chi connectivity index (χ3v) is 2.36. The van der Waals surface area contributed by atoms with Gasteiger partial charge in [-0.25, -0.2) is 0 Å². The molecule has 1 aromatic carbocycles. The van der Waals surface area contributed by atoms with Crippen molar-refractivity contribution in [3.8, 4) is 0 Å². The van der Waals surface area contributed by atoms with Crippen molar-refractivity contribution in [3.63, 3.8) is 0 Å². The Hall–Kier alpha value is -0.820. The molecule has 1 unspecified atom stereocenters. The molecule has 13 heavy (non-hydrogen) atoms. The van der Waals surface area contributed by atoms with Crippen LogP contribution in [0.5, 0.6) is 0 Å². The first kappa shape index (κ1) is 10.3. The molecule has 0 aromatic heterocycles. The minimum Gasteiger partial charge on any atom is -0.319 e. The van der Waals surface area contributed by atoms with Gasteiger partial charge in [-0.15, -0.1) is 0 Å². The van der Waals surface area contributed by atoms with Gasteiger partial charge in [-0.05, 0) is 24.9 Å². The van der Waals surface area contributed by atoms with Crippen molar-refractivity contribution in [2.24, 2.45) is 0 Å². The summed E-state index contributed by atoms with van der Waals surface area (Å²) in [5.41, 5.74) is 1.46. The number of hydrogen-bond acceptors (Lipinski definition) is 1. The SMILES string of the molecule is CCCC(CNC)c1ccccc1. The minimum absolute atomic E-state index is 0.677. The average Bonchev–Trinajstić information content (AvgIpc) is 2.19. The second-order valence-electron chi connectivity index (χ2n) is 3.45. The van der Waals surface area contributed by atoms with Crippen LogP contribution in [-0.4, -0.2) is 13.6 Å². The van der Waals surface area contributed by atoms with E-state index in [9.17, 15) is 0 Å². The molecule has 1 aromatic rings. The third kappa shape index (κ3) is 3.19. The molecule has 0 bridgehead atoms. The van der Waals surface area contributed by atoms with Gasteiger partial charge >= 0.3 is 0 Å². The van der Waals surface area contributed by atoms with E-state index in [0.29, 0.717) is 5.92 Å². The van der Waals surface area contributed by atoms with Crippen LogP contribution in [0.4, 0.5) is 0 Å². The van der Waals surface area contributed by atoms with Crippen LogP contribution in [0.1, 0.15) is 31.2 Å². The summed E-state index contributed by atoms with van der Waals surface area (Å²) in [6, 6.07) is 10.8. The van der Waals surface area contributed by atoms with E-state index in [0.717, 1.165) is 6.54 Å². The van der Waals surface area contributed by atoms with Crippen molar-refractivity contribution < 1.29 is 0 Å². The largest absolute Gasteiger partial charge is 0.319 e. The summed E-state index contributed by atoms with van der Waals surface area (Å²) >= 11 is 0. The van der Waals surface area contributed by atoms with E-state index in [1.807, 2.05) is 7.05 Å². The quantitative estimate of drug-likeness (QED) is 0.729. The highest BCUT2D eigenvalue weighted by molar-refractivity contribution is 5.19. The van der Waals surface area contributed by atoms with E-state index in [2.05, 4.69) is 42.6 Å². The van der Waals surface area contributed by atoms with Crippen molar-refractivity contribution in [1.29, 1.82) is 0 Å². The fourth-order valence-electron chi connectivity index (χ4n) is 1.71. The van der Waals surface area contributed by atoms with Gasteiger partial charge in [0.25, 0.3) is 0 Å². The van der Waals surface area contributed by atoms with Gasteiger partial charge in [-0.1, -0.05) is 43.7 Å².